The van der Waals surface area contributed by atoms with Crippen LogP contribution >= 0.6 is 0 Å². The van der Waals surface area contributed by atoms with Crippen molar-refractivity contribution in [1.29, 1.82) is 0 Å². The van der Waals surface area contributed by atoms with Crippen LogP contribution in [0.3, 0.4) is 0 Å². The van der Waals surface area contributed by atoms with E-state index < -0.39 is 12.0 Å². The van der Waals surface area contributed by atoms with E-state index in [2.05, 4.69) is 5.32 Å². The molecule has 1 unspecified atom stereocenters. The number of nitrogens with one attached hydrogen (secondary N) is 1. The Balaban J connectivity index is 1.83. The highest BCUT2D eigenvalue weighted by molar-refractivity contribution is 5.83. The topological polar surface area (TPSA) is 79.5 Å². The molecule has 1 aliphatic carbocycles. The van der Waals surface area contributed by atoms with Crippen LogP contribution in [0.2, 0.25) is 0 Å². The number of aliphatic carboxylic acids is 1. The first-order valence-corrected chi connectivity index (χ1v) is 7.21. The number of aryl methyl sites for hydroxylation is 1. The van der Waals surface area contributed by atoms with Gasteiger partial charge in [0.2, 0.25) is 5.91 Å². The number of carboxylic acid groups (broad SMARTS) is 1. The Kier molecular flexibility index (Phi) is 5.21. The minimum Gasteiger partial charge on any atom is -0.480 e. The number of carboxylic acids is 1. The van der Waals surface area contributed by atoms with Crippen molar-refractivity contribution < 1.29 is 19.1 Å². The van der Waals surface area contributed by atoms with Crippen LogP contribution in [0.5, 0.6) is 0 Å². The van der Waals surface area contributed by atoms with Gasteiger partial charge in [-0.3, -0.25) is 4.79 Å². The van der Waals surface area contributed by atoms with Gasteiger partial charge < -0.3 is 14.8 Å². The zero-order valence-electron chi connectivity index (χ0n) is 11.5. The Hall–Kier alpha value is -1.78. The predicted molar refractivity (Wildman–Crippen MR) is 73.2 cm³/mol. The highest BCUT2D eigenvalue weighted by Gasteiger charge is 2.30. The first-order valence-electron chi connectivity index (χ1n) is 7.21. The maximum Gasteiger partial charge on any atom is 0.326 e. The van der Waals surface area contributed by atoms with Gasteiger partial charge in [-0.15, -0.1) is 0 Å². The third-order valence-electron chi connectivity index (χ3n) is 3.88. The number of rotatable bonds is 6. The standard InChI is InChI=1S/C15H21NO4/c17-13(9-8-12-7-4-10-20-12)16-14(15(18)19)11-5-2-1-3-6-11/h4,7,10-11,14H,1-3,5-6,8-9H2,(H,16,17)(H,18,19). The first kappa shape index (κ1) is 14.6. The average molecular weight is 279 g/mol. The van der Waals surface area contributed by atoms with Crippen LogP contribution < -0.4 is 5.32 Å². The van der Waals surface area contributed by atoms with Crippen molar-refractivity contribution in [2.75, 3.05) is 0 Å². The highest BCUT2D eigenvalue weighted by atomic mass is 16.4. The van der Waals surface area contributed by atoms with E-state index in [4.69, 9.17) is 4.42 Å². The smallest absolute Gasteiger partial charge is 0.326 e. The van der Waals surface area contributed by atoms with Gasteiger partial charge in [0, 0.05) is 12.8 Å². The molecule has 110 valence electrons. The number of hydrogen-bond donors (Lipinski definition) is 2. The van der Waals surface area contributed by atoms with Crippen molar-refractivity contribution in [3.8, 4) is 0 Å². The number of furan rings is 1. The summed E-state index contributed by atoms with van der Waals surface area (Å²) in [6.45, 7) is 0. The molecule has 0 saturated heterocycles. The van der Waals surface area contributed by atoms with E-state index in [0.717, 1.165) is 37.9 Å². The summed E-state index contributed by atoms with van der Waals surface area (Å²) in [4.78, 5) is 23.2. The molecule has 0 aliphatic heterocycles. The molecule has 1 aromatic heterocycles. The third kappa shape index (κ3) is 4.11. The molecule has 2 N–H and O–H groups in total. The molecule has 1 aromatic rings. The quantitative estimate of drug-likeness (QED) is 0.837. The molecular formula is C15H21NO4. The Labute approximate surface area is 118 Å². The van der Waals surface area contributed by atoms with Gasteiger partial charge in [-0.2, -0.15) is 0 Å². The van der Waals surface area contributed by atoms with E-state index in [0.29, 0.717) is 6.42 Å². The first-order chi connectivity index (χ1) is 9.66. The second kappa shape index (κ2) is 7.12. The van der Waals surface area contributed by atoms with Crippen molar-refractivity contribution in [2.45, 2.75) is 51.0 Å². The molecular weight excluding hydrogens is 258 g/mol. The van der Waals surface area contributed by atoms with Gasteiger partial charge in [-0.1, -0.05) is 19.3 Å². The minimum absolute atomic E-state index is 0.0637. The fourth-order valence-electron chi connectivity index (χ4n) is 2.79. The number of amides is 1. The summed E-state index contributed by atoms with van der Waals surface area (Å²) in [6, 6.07) is 2.83. The molecule has 1 fully saturated rings. The molecule has 1 heterocycles. The van der Waals surface area contributed by atoms with Crippen LogP contribution in [0.15, 0.2) is 22.8 Å². The lowest BCUT2D eigenvalue weighted by Crippen LogP contribution is -2.46. The average Bonchev–Trinajstić information content (AvgIpc) is 2.96. The van der Waals surface area contributed by atoms with Gasteiger partial charge in [-0.25, -0.2) is 4.79 Å². The molecule has 5 nitrogen and oxygen atoms in total. The zero-order chi connectivity index (χ0) is 14.4. The second-order valence-electron chi connectivity index (χ2n) is 5.36. The lowest BCUT2D eigenvalue weighted by atomic mass is 9.84. The number of carbonyl (C=O) groups excluding carboxylic acids is 1. The van der Waals surface area contributed by atoms with Crippen LogP contribution in [-0.2, 0) is 16.0 Å². The summed E-state index contributed by atoms with van der Waals surface area (Å²) in [7, 11) is 0. The minimum atomic E-state index is -0.928. The Morgan fingerprint density at radius 2 is 2.10 bits per heavy atom. The molecule has 5 heteroatoms. The van der Waals surface area contributed by atoms with Gasteiger partial charge in [-0.05, 0) is 30.9 Å². The van der Waals surface area contributed by atoms with E-state index >= 15 is 0 Å². The molecule has 0 aromatic carbocycles. The van der Waals surface area contributed by atoms with Crippen LogP contribution in [-0.4, -0.2) is 23.0 Å². The van der Waals surface area contributed by atoms with Crippen molar-refractivity contribution >= 4 is 11.9 Å². The van der Waals surface area contributed by atoms with Gasteiger partial charge in [0.15, 0.2) is 0 Å². The molecule has 1 saturated carbocycles. The van der Waals surface area contributed by atoms with E-state index in [1.807, 2.05) is 6.07 Å². The summed E-state index contributed by atoms with van der Waals surface area (Å²) in [5.74, 6) is -0.346. The van der Waals surface area contributed by atoms with Crippen molar-refractivity contribution in [1.82, 2.24) is 5.32 Å². The van der Waals surface area contributed by atoms with Gasteiger partial charge in [0.1, 0.15) is 11.8 Å². The fraction of sp³-hybridized carbons (Fsp3) is 0.600. The van der Waals surface area contributed by atoms with Gasteiger partial charge in [0.25, 0.3) is 0 Å². The fourth-order valence-corrected chi connectivity index (χ4v) is 2.79. The summed E-state index contributed by atoms with van der Waals surface area (Å²) < 4.78 is 5.16. The Morgan fingerprint density at radius 3 is 2.70 bits per heavy atom. The van der Waals surface area contributed by atoms with E-state index in [1.165, 1.54) is 0 Å². The van der Waals surface area contributed by atoms with Crippen molar-refractivity contribution in [3.05, 3.63) is 24.2 Å². The summed E-state index contributed by atoms with van der Waals surface area (Å²) in [5.41, 5.74) is 0. The molecule has 0 spiro atoms. The molecule has 20 heavy (non-hydrogen) atoms. The number of carbonyl (C=O) groups is 2. The third-order valence-corrected chi connectivity index (χ3v) is 3.88. The molecule has 2 rings (SSSR count). The summed E-state index contributed by atoms with van der Waals surface area (Å²) >= 11 is 0. The lowest BCUT2D eigenvalue weighted by Gasteiger charge is -2.28. The van der Waals surface area contributed by atoms with E-state index in [1.54, 1.807) is 12.3 Å². The van der Waals surface area contributed by atoms with Gasteiger partial charge in [0.05, 0.1) is 6.26 Å². The van der Waals surface area contributed by atoms with E-state index in [-0.39, 0.29) is 18.2 Å². The lowest BCUT2D eigenvalue weighted by molar-refractivity contribution is -0.143. The zero-order valence-corrected chi connectivity index (χ0v) is 11.5. The normalized spacial score (nSPS) is 17.6. The Morgan fingerprint density at radius 1 is 1.35 bits per heavy atom. The monoisotopic (exact) mass is 279 g/mol. The van der Waals surface area contributed by atoms with Gasteiger partial charge >= 0.3 is 5.97 Å². The maximum absolute atomic E-state index is 11.9. The largest absolute Gasteiger partial charge is 0.480 e. The highest BCUT2D eigenvalue weighted by Crippen LogP contribution is 2.26. The van der Waals surface area contributed by atoms with Crippen molar-refractivity contribution in [3.63, 3.8) is 0 Å². The van der Waals surface area contributed by atoms with Crippen LogP contribution in [0.1, 0.15) is 44.3 Å². The molecule has 0 bridgehead atoms. The predicted octanol–water partition coefficient (Wildman–Crippen LogP) is 2.36. The maximum atomic E-state index is 11.9. The molecule has 0 radical (unpaired) electrons. The van der Waals surface area contributed by atoms with E-state index in [9.17, 15) is 14.7 Å². The summed E-state index contributed by atoms with van der Waals surface area (Å²) in [5, 5.41) is 12.0. The number of hydrogen-bond acceptors (Lipinski definition) is 3. The SMILES string of the molecule is O=C(CCc1ccco1)NC(C(=O)O)C1CCCCC1. The van der Waals surface area contributed by atoms with Crippen LogP contribution in [0.25, 0.3) is 0 Å². The summed E-state index contributed by atoms with van der Waals surface area (Å²) in [6.07, 6.45) is 7.35. The second-order valence-corrected chi connectivity index (χ2v) is 5.36. The molecule has 1 aliphatic rings. The van der Waals surface area contributed by atoms with Crippen LogP contribution in [0, 0.1) is 5.92 Å². The van der Waals surface area contributed by atoms with Crippen LogP contribution in [0.4, 0.5) is 0 Å². The van der Waals surface area contributed by atoms with Crippen molar-refractivity contribution in [2.24, 2.45) is 5.92 Å². The Bertz CT molecular complexity index is 435. The molecule has 1 atom stereocenters. The molecule has 1 amide bonds.